The van der Waals surface area contributed by atoms with E-state index in [-0.39, 0.29) is 81.6 Å². The van der Waals surface area contributed by atoms with Crippen LogP contribution in [0, 0.1) is 5.92 Å². The number of rotatable bonds is 86. The van der Waals surface area contributed by atoms with Crippen LogP contribution in [0.15, 0.2) is 91.0 Å². The minimum Gasteiger partial charge on any atom is -0.462 e. The summed E-state index contributed by atoms with van der Waals surface area (Å²) in [6.07, 6.45) is 51.0. The molecule has 4 rings (SSSR count). The molecule has 2 amide bonds. The number of aliphatic hydroxyl groups excluding tert-OH is 1. The number of Topliss-reactive ketones (excluding diaryl/α,β-unsaturated/α-hetero) is 1. The Morgan fingerprint density at radius 3 is 1.13 bits per heavy atom. The maximum atomic E-state index is 16.0. The molecule has 1 heterocycles. The molecule has 1 saturated heterocycles. The molecule has 720 valence electrons. The van der Waals surface area contributed by atoms with E-state index in [4.69, 9.17) is 42.0 Å². The van der Waals surface area contributed by atoms with Crippen LogP contribution in [-0.2, 0) is 72.9 Å². The van der Waals surface area contributed by atoms with Crippen molar-refractivity contribution >= 4 is 43.3 Å². The number of phosphoric ester groups is 1. The van der Waals surface area contributed by atoms with Gasteiger partial charge in [0, 0.05) is 25.2 Å². The van der Waals surface area contributed by atoms with Gasteiger partial charge in [0.1, 0.15) is 47.7 Å². The summed E-state index contributed by atoms with van der Waals surface area (Å²) in [5, 5.41) is 18.2. The molecule has 0 spiro atoms. The Balaban J connectivity index is 1.89. The van der Waals surface area contributed by atoms with Crippen molar-refractivity contribution < 1.29 is 80.4 Å². The minimum absolute atomic E-state index is 0.0411. The number of benzene rings is 3. The van der Waals surface area contributed by atoms with E-state index in [0.29, 0.717) is 51.4 Å². The van der Waals surface area contributed by atoms with Crippen molar-refractivity contribution in [2.75, 3.05) is 19.8 Å². The van der Waals surface area contributed by atoms with Gasteiger partial charge in [0.15, 0.2) is 12.4 Å². The predicted octanol–water partition coefficient (Wildman–Crippen LogP) is 28.2. The molecule has 126 heavy (non-hydrogen) atoms. The lowest BCUT2D eigenvalue weighted by molar-refractivity contribution is -0.272. The molecule has 3 aromatic rings. The average molecular weight is 1780 g/mol. The number of amides is 2. The molecule has 1 unspecified atom stereocenters. The average Bonchev–Trinajstić information content (AvgIpc) is 0.771. The molecular weight excluding hydrogens is 1600 g/mol. The van der Waals surface area contributed by atoms with Gasteiger partial charge < -0.3 is 53.2 Å². The zero-order chi connectivity index (χ0) is 90.7. The standard InChI is InChI=1S/C106H179N2O17P/c1-7-13-19-25-31-37-43-49-60-72-90(96(110)79-67-52-46-40-34-28-22-16-10-4)82-102(115)122-105-103(108-99(112)84-95(78-62-51-45-39-33-27-21-15-9-3)120-101(114)81-69-54-48-42-36-30-24-18-12-6)106(121-97(85-109)104(105)125-126(116,123-92-73-63-56-64-74-92)124-93-75-65-57-66-76-93)118-88-91(87-117-86-89-70-58-55-59-71-89)107-98(111)83-94(77-61-50-44-38-32-26-20-14-8-2)119-100(113)80-68-53-47-41-35-29-23-17-11-5/h55-59,63-66,70-71,73-76,90-91,94-95,97,103-106,109H,7-54,60-62,67-69,72,77-88H2,1-6H3,(H,107,111)(H,108,112)/t90-,91+,94-,95-,97-,103-,104-,105-,106?/m1/s1. The topological polar surface area (TPSA) is 247 Å². The molecule has 0 saturated carbocycles. The van der Waals surface area contributed by atoms with Crippen LogP contribution in [0.1, 0.15) is 452 Å². The van der Waals surface area contributed by atoms with Crippen LogP contribution in [0.25, 0.3) is 0 Å². The van der Waals surface area contributed by atoms with E-state index in [1.165, 1.54) is 167 Å². The molecule has 3 aromatic carbocycles. The van der Waals surface area contributed by atoms with Crippen LogP contribution in [0.5, 0.6) is 11.5 Å². The highest BCUT2D eigenvalue weighted by Gasteiger charge is 2.54. The highest BCUT2D eigenvalue weighted by molar-refractivity contribution is 7.49. The second kappa shape index (κ2) is 77.0. The lowest BCUT2D eigenvalue weighted by atomic mass is 9.90. The summed E-state index contributed by atoms with van der Waals surface area (Å²) in [4.78, 5) is 89.1. The van der Waals surface area contributed by atoms with Gasteiger partial charge in [0.2, 0.25) is 11.8 Å². The molecule has 1 fully saturated rings. The van der Waals surface area contributed by atoms with Crippen LogP contribution in [-0.4, -0.2) is 109 Å². The summed E-state index contributed by atoms with van der Waals surface area (Å²) in [7, 11) is -5.02. The fourth-order valence-electron chi connectivity index (χ4n) is 16.9. The van der Waals surface area contributed by atoms with Crippen LogP contribution < -0.4 is 19.7 Å². The largest absolute Gasteiger partial charge is 0.588 e. The van der Waals surface area contributed by atoms with E-state index < -0.39 is 93.0 Å². The lowest BCUT2D eigenvalue weighted by Crippen LogP contribution is -2.66. The van der Waals surface area contributed by atoms with Gasteiger partial charge >= 0.3 is 25.7 Å². The SMILES string of the molecule is CCCCCCCCCCCC(=O)O[C@H](CCCCCCCCCCC)CC(=O)N[C@@H](COCc1ccccc1)COC1O[C@H](CO)[C@@H](OP(=O)(Oc2ccccc2)Oc2ccccc2)[C@H](OC(=O)C[C@@H](CCCCCCCCCCC)C(=O)CCCCCCCCCCC)[C@H]1NC(=O)C[C@@H](CCCCCCCCCCC)OC(=O)CCCCCCCCCCC. The minimum atomic E-state index is -5.02. The van der Waals surface area contributed by atoms with Crippen LogP contribution in [0.2, 0.25) is 0 Å². The fourth-order valence-corrected chi connectivity index (χ4v) is 18.4. The first-order chi connectivity index (χ1) is 61.7. The van der Waals surface area contributed by atoms with Gasteiger partial charge in [0.05, 0.1) is 51.7 Å². The monoisotopic (exact) mass is 1780 g/mol. The normalized spacial score (nSPS) is 16.2. The van der Waals surface area contributed by atoms with E-state index in [1.807, 2.05) is 30.3 Å². The molecule has 0 bridgehead atoms. The molecule has 19 nitrogen and oxygen atoms in total. The van der Waals surface area contributed by atoms with Crippen molar-refractivity contribution in [1.82, 2.24) is 10.6 Å². The van der Waals surface area contributed by atoms with Gasteiger partial charge in [-0.05, 0) is 81.2 Å². The Kier molecular flexibility index (Phi) is 68.8. The van der Waals surface area contributed by atoms with E-state index >= 15 is 14.2 Å². The number of unbranched alkanes of at least 4 members (excludes halogenated alkanes) is 48. The molecule has 1 aliphatic rings. The summed E-state index contributed by atoms with van der Waals surface area (Å²) in [5.74, 6) is -3.21. The van der Waals surface area contributed by atoms with Crippen molar-refractivity contribution in [3.8, 4) is 11.5 Å². The number of nitrogens with one attached hydrogen (secondary N) is 2. The summed E-state index contributed by atoms with van der Waals surface area (Å²) >= 11 is 0. The van der Waals surface area contributed by atoms with Crippen molar-refractivity contribution in [3.63, 3.8) is 0 Å². The van der Waals surface area contributed by atoms with E-state index in [2.05, 4.69) is 52.2 Å². The number of ketones is 1. The summed E-state index contributed by atoms with van der Waals surface area (Å²) < 4.78 is 75.0. The van der Waals surface area contributed by atoms with Gasteiger partial charge in [0.25, 0.3) is 0 Å². The first-order valence-corrected chi connectivity index (χ1v) is 53.1. The molecule has 0 radical (unpaired) electrons. The quantitative estimate of drug-likeness (QED) is 0.0206. The Morgan fingerprint density at radius 2 is 0.738 bits per heavy atom. The predicted molar refractivity (Wildman–Crippen MR) is 511 cm³/mol. The van der Waals surface area contributed by atoms with Crippen LogP contribution in [0.3, 0.4) is 0 Å². The summed E-state index contributed by atoms with van der Waals surface area (Å²) in [6, 6.07) is 23.7. The first kappa shape index (κ1) is 113. The summed E-state index contributed by atoms with van der Waals surface area (Å²) in [6.45, 7) is 12.2. The molecule has 3 N–H and O–H groups in total. The van der Waals surface area contributed by atoms with E-state index in [9.17, 15) is 24.3 Å². The number of hydrogen-bond donors (Lipinski definition) is 3. The van der Waals surface area contributed by atoms with Gasteiger partial charge in [-0.1, -0.05) is 423 Å². The number of para-hydroxylation sites is 2. The number of aliphatic hydroxyl groups is 1. The molecule has 0 aliphatic carbocycles. The van der Waals surface area contributed by atoms with Crippen molar-refractivity contribution in [3.05, 3.63) is 96.6 Å². The Morgan fingerprint density at radius 1 is 0.389 bits per heavy atom. The third-order valence-corrected chi connectivity index (χ3v) is 25.9. The Labute approximate surface area is 765 Å². The maximum absolute atomic E-state index is 16.0. The van der Waals surface area contributed by atoms with Gasteiger partial charge in [-0.3, -0.25) is 33.3 Å². The second-order valence-electron chi connectivity index (χ2n) is 36.3. The lowest BCUT2D eigenvalue weighted by Gasteiger charge is -2.45. The van der Waals surface area contributed by atoms with Crippen molar-refractivity contribution in [2.45, 2.75) is 502 Å². The zero-order valence-corrected chi connectivity index (χ0v) is 81.1. The first-order valence-electron chi connectivity index (χ1n) is 51.6. The van der Waals surface area contributed by atoms with Gasteiger partial charge in [-0.15, -0.1) is 0 Å². The second-order valence-corrected chi connectivity index (χ2v) is 37.8. The number of phosphoric acid groups is 1. The summed E-state index contributed by atoms with van der Waals surface area (Å²) in [5.41, 5.74) is 0.874. The Hall–Kier alpha value is -5.69. The fraction of sp³-hybridized carbons (Fsp3) is 0.774. The van der Waals surface area contributed by atoms with Crippen molar-refractivity contribution in [1.29, 1.82) is 0 Å². The number of esters is 3. The number of ether oxygens (including phenoxy) is 6. The van der Waals surface area contributed by atoms with Crippen LogP contribution in [0.4, 0.5) is 0 Å². The third kappa shape index (κ3) is 57.5. The van der Waals surface area contributed by atoms with Gasteiger partial charge in [-0.2, -0.15) is 0 Å². The molecular formula is C106H179N2O17P. The molecule has 0 aromatic heterocycles. The maximum Gasteiger partial charge on any atom is 0.588 e. The molecule has 1 aliphatic heterocycles. The molecule has 20 heteroatoms. The van der Waals surface area contributed by atoms with Crippen molar-refractivity contribution in [2.24, 2.45) is 5.92 Å². The zero-order valence-electron chi connectivity index (χ0n) is 80.2. The van der Waals surface area contributed by atoms with Gasteiger partial charge in [-0.25, -0.2) is 4.57 Å². The van der Waals surface area contributed by atoms with Crippen LogP contribution >= 0.6 is 7.82 Å². The third-order valence-electron chi connectivity index (χ3n) is 24.6. The highest BCUT2D eigenvalue weighted by Crippen LogP contribution is 2.53. The van der Waals surface area contributed by atoms with E-state index in [0.717, 1.165) is 153 Å². The number of carbonyl (C=O) groups is 6. The number of carbonyl (C=O) groups excluding carboxylic acids is 6. The number of hydrogen-bond acceptors (Lipinski definition) is 17. The smallest absolute Gasteiger partial charge is 0.462 e. The molecule has 9 atom stereocenters. The van der Waals surface area contributed by atoms with E-state index in [1.54, 1.807) is 60.7 Å². The highest BCUT2D eigenvalue weighted by atomic mass is 31.2. The Bertz CT molecular complexity index is 3120.